The molecule has 0 radical (unpaired) electrons. The quantitative estimate of drug-likeness (QED) is 0.608. The highest BCUT2D eigenvalue weighted by molar-refractivity contribution is 9.10. The van der Waals surface area contributed by atoms with Crippen LogP contribution in [0.3, 0.4) is 0 Å². The van der Waals surface area contributed by atoms with Crippen molar-refractivity contribution in [1.82, 2.24) is 5.43 Å². The van der Waals surface area contributed by atoms with Gasteiger partial charge in [-0.05, 0) is 37.0 Å². The molecule has 1 fully saturated rings. The maximum Gasteiger partial charge on any atom is 0.0341 e. The van der Waals surface area contributed by atoms with Gasteiger partial charge in [0.05, 0.1) is 0 Å². The summed E-state index contributed by atoms with van der Waals surface area (Å²) in [7, 11) is 0. The fourth-order valence-corrected chi connectivity index (χ4v) is 4.43. The Bertz CT molecular complexity index is 380. The number of hydrazine groups is 1. The summed E-state index contributed by atoms with van der Waals surface area (Å²) in [6.45, 7) is 0. The molecule has 0 aromatic heterocycles. The van der Waals surface area contributed by atoms with Crippen LogP contribution in [0.25, 0.3) is 0 Å². The number of thioether (sulfide) groups is 1. The highest BCUT2D eigenvalue weighted by atomic mass is 79.9. The Labute approximate surface area is 129 Å². The predicted octanol–water partition coefficient (Wildman–Crippen LogP) is 3.89. The van der Waals surface area contributed by atoms with E-state index >= 15 is 0 Å². The molecule has 2 nitrogen and oxygen atoms in total. The van der Waals surface area contributed by atoms with E-state index in [1.807, 2.05) is 0 Å². The minimum Gasteiger partial charge on any atom is -0.271 e. The molecule has 106 valence electrons. The summed E-state index contributed by atoms with van der Waals surface area (Å²) in [6.07, 6.45) is 8.01. The van der Waals surface area contributed by atoms with Crippen LogP contribution < -0.4 is 11.3 Å². The molecule has 0 bridgehead atoms. The molecule has 1 atom stereocenters. The number of halogens is 1. The Hall–Kier alpha value is -0.0300. The second-order valence-corrected chi connectivity index (χ2v) is 7.54. The number of rotatable bonds is 6. The van der Waals surface area contributed by atoms with Crippen LogP contribution >= 0.6 is 27.7 Å². The van der Waals surface area contributed by atoms with Crippen LogP contribution in [0, 0.1) is 0 Å². The second kappa shape index (κ2) is 8.30. The lowest BCUT2D eigenvalue weighted by Crippen LogP contribution is -2.39. The fourth-order valence-electron chi connectivity index (χ4n) is 2.60. The van der Waals surface area contributed by atoms with E-state index in [1.54, 1.807) is 0 Å². The normalized spacial score (nSPS) is 18.4. The Morgan fingerprint density at radius 2 is 2.11 bits per heavy atom. The number of nitrogens with one attached hydrogen (secondary N) is 1. The van der Waals surface area contributed by atoms with Gasteiger partial charge in [-0.25, -0.2) is 0 Å². The van der Waals surface area contributed by atoms with Gasteiger partial charge in [0.1, 0.15) is 0 Å². The molecule has 1 aromatic carbocycles. The van der Waals surface area contributed by atoms with Crippen LogP contribution in [0.1, 0.15) is 37.7 Å². The zero-order valence-corrected chi connectivity index (χ0v) is 13.7. The van der Waals surface area contributed by atoms with Gasteiger partial charge in [-0.15, -0.1) is 0 Å². The molecule has 0 saturated heterocycles. The van der Waals surface area contributed by atoms with Gasteiger partial charge < -0.3 is 0 Å². The Morgan fingerprint density at radius 3 is 2.79 bits per heavy atom. The molecule has 1 saturated carbocycles. The minimum atomic E-state index is 0.362. The Balaban J connectivity index is 1.79. The van der Waals surface area contributed by atoms with Gasteiger partial charge in [0, 0.05) is 21.5 Å². The molecule has 4 heteroatoms. The zero-order chi connectivity index (χ0) is 13.5. The first kappa shape index (κ1) is 15.4. The summed E-state index contributed by atoms with van der Waals surface area (Å²) >= 11 is 5.62. The van der Waals surface area contributed by atoms with Crippen molar-refractivity contribution < 1.29 is 0 Å². The van der Waals surface area contributed by atoms with Gasteiger partial charge >= 0.3 is 0 Å². The first-order chi connectivity index (χ1) is 9.28. The highest BCUT2D eigenvalue weighted by Gasteiger charge is 2.16. The molecule has 3 N–H and O–H groups in total. The van der Waals surface area contributed by atoms with Gasteiger partial charge in [0.15, 0.2) is 0 Å². The molecule has 0 heterocycles. The average molecular weight is 343 g/mol. The zero-order valence-electron chi connectivity index (χ0n) is 11.3. The van der Waals surface area contributed by atoms with E-state index in [1.165, 1.54) is 37.7 Å². The first-order valence-corrected chi connectivity index (χ1v) is 8.94. The summed E-state index contributed by atoms with van der Waals surface area (Å²) < 4.78 is 1.14. The summed E-state index contributed by atoms with van der Waals surface area (Å²) in [6, 6.07) is 8.85. The van der Waals surface area contributed by atoms with E-state index < -0.39 is 0 Å². The van der Waals surface area contributed by atoms with Crippen molar-refractivity contribution in [2.75, 3.05) is 5.75 Å². The molecular weight excluding hydrogens is 320 g/mol. The lowest BCUT2D eigenvalue weighted by molar-refractivity contribution is 0.513. The molecule has 0 spiro atoms. The largest absolute Gasteiger partial charge is 0.271 e. The van der Waals surface area contributed by atoms with Gasteiger partial charge in [0.25, 0.3) is 0 Å². The standard InChI is InChI=1S/C15H23BrN2S/c16-13-6-4-5-12(9-13)10-14(18-17)11-19-15-7-2-1-3-8-15/h4-6,9,14-15,18H,1-3,7-8,10-11,17H2. The molecule has 19 heavy (non-hydrogen) atoms. The van der Waals surface area contributed by atoms with Crippen molar-refractivity contribution >= 4 is 27.7 Å². The highest BCUT2D eigenvalue weighted by Crippen LogP contribution is 2.28. The summed E-state index contributed by atoms with van der Waals surface area (Å²) in [5.74, 6) is 6.80. The third-order valence-corrected chi connectivity index (χ3v) is 5.72. The number of hydrogen-bond acceptors (Lipinski definition) is 3. The molecular formula is C15H23BrN2S. The first-order valence-electron chi connectivity index (χ1n) is 7.10. The maximum absolute atomic E-state index is 5.70. The third-order valence-electron chi connectivity index (χ3n) is 3.69. The van der Waals surface area contributed by atoms with Gasteiger partial charge in [-0.2, -0.15) is 11.8 Å². The molecule has 1 unspecified atom stereocenters. The van der Waals surface area contributed by atoms with E-state index in [4.69, 9.17) is 5.84 Å². The van der Waals surface area contributed by atoms with Crippen molar-refractivity contribution in [2.24, 2.45) is 5.84 Å². The van der Waals surface area contributed by atoms with Crippen molar-refractivity contribution in [1.29, 1.82) is 0 Å². The Morgan fingerprint density at radius 1 is 1.32 bits per heavy atom. The van der Waals surface area contributed by atoms with Gasteiger partial charge in [0.2, 0.25) is 0 Å². The van der Waals surface area contributed by atoms with Crippen LogP contribution in [-0.2, 0) is 6.42 Å². The van der Waals surface area contributed by atoms with E-state index in [9.17, 15) is 0 Å². The van der Waals surface area contributed by atoms with E-state index in [2.05, 4.69) is 57.4 Å². The van der Waals surface area contributed by atoms with Crippen LogP contribution in [-0.4, -0.2) is 17.0 Å². The van der Waals surface area contributed by atoms with Crippen LogP contribution in [0.15, 0.2) is 28.7 Å². The number of benzene rings is 1. The molecule has 1 aliphatic rings. The van der Waals surface area contributed by atoms with Crippen LogP contribution in [0.4, 0.5) is 0 Å². The minimum absolute atomic E-state index is 0.362. The second-order valence-electron chi connectivity index (χ2n) is 5.29. The van der Waals surface area contributed by atoms with E-state index in [0.717, 1.165) is 21.9 Å². The Kier molecular flexibility index (Phi) is 6.71. The molecule has 1 aromatic rings. The molecule has 2 rings (SSSR count). The summed E-state index contributed by atoms with van der Waals surface area (Å²) in [5, 5.41) is 0.854. The summed E-state index contributed by atoms with van der Waals surface area (Å²) in [5.41, 5.74) is 4.31. The van der Waals surface area contributed by atoms with E-state index in [-0.39, 0.29) is 0 Å². The van der Waals surface area contributed by atoms with Crippen molar-refractivity contribution in [3.05, 3.63) is 34.3 Å². The fraction of sp³-hybridized carbons (Fsp3) is 0.600. The topological polar surface area (TPSA) is 38.0 Å². The maximum atomic E-state index is 5.70. The van der Waals surface area contributed by atoms with Crippen LogP contribution in [0.5, 0.6) is 0 Å². The molecule has 0 amide bonds. The smallest absolute Gasteiger partial charge is 0.0341 e. The van der Waals surface area contributed by atoms with Gasteiger partial charge in [-0.3, -0.25) is 11.3 Å². The van der Waals surface area contributed by atoms with Crippen molar-refractivity contribution in [3.63, 3.8) is 0 Å². The van der Waals surface area contributed by atoms with Crippen molar-refractivity contribution in [2.45, 2.75) is 49.8 Å². The molecule has 0 aliphatic heterocycles. The lowest BCUT2D eigenvalue weighted by atomic mass is 10.0. The summed E-state index contributed by atoms with van der Waals surface area (Å²) in [4.78, 5) is 0. The van der Waals surface area contributed by atoms with Gasteiger partial charge in [-0.1, -0.05) is 47.3 Å². The number of nitrogens with two attached hydrogens (primary N) is 1. The SMILES string of the molecule is NNC(CSC1CCCCC1)Cc1cccc(Br)c1. The van der Waals surface area contributed by atoms with Crippen molar-refractivity contribution in [3.8, 4) is 0 Å². The third kappa shape index (κ3) is 5.46. The van der Waals surface area contributed by atoms with E-state index in [0.29, 0.717) is 6.04 Å². The van der Waals surface area contributed by atoms with Crippen LogP contribution in [0.2, 0.25) is 0 Å². The lowest BCUT2D eigenvalue weighted by Gasteiger charge is -2.23. The number of hydrogen-bond donors (Lipinski definition) is 2. The monoisotopic (exact) mass is 342 g/mol. The molecule has 1 aliphatic carbocycles. The predicted molar refractivity (Wildman–Crippen MR) is 88.3 cm³/mol. The average Bonchev–Trinajstić information content (AvgIpc) is 2.44.